The summed E-state index contributed by atoms with van der Waals surface area (Å²) in [5.74, 6) is 0.515. The summed E-state index contributed by atoms with van der Waals surface area (Å²) in [6.07, 6.45) is 7.89. The second-order valence-corrected chi connectivity index (χ2v) is 6.78. The van der Waals surface area contributed by atoms with Crippen LogP contribution in [-0.2, 0) is 0 Å². The highest BCUT2D eigenvalue weighted by Gasteiger charge is 2.21. The predicted octanol–water partition coefficient (Wildman–Crippen LogP) is 4.38. The average molecular weight is 394 g/mol. The Hall–Kier alpha value is -1.69. The molecule has 4 heterocycles. The molecule has 26 heavy (non-hydrogen) atoms. The van der Waals surface area contributed by atoms with Crippen LogP contribution in [0.3, 0.4) is 0 Å². The summed E-state index contributed by atoms with van der Waals surface area (Å²) < 4.78 is 2.24. The third-order valence-electron chi connectivity index (χ3n) is 4.83. The molecule has 0 atom stereocenters. The van der Waals surface area contributed by atoms with Gasteiger partial charge in [0.2, 0.25) is 0 Å². The maximum absolute atomic E-state index is 5.02. The summed E-state index contributed by atoms with van der Waals surface area (Å²) in [6, 6.07) is 6.65. The van der Waals surface area contributed by atoms with E-state index in [0.29, 0.717) is 12.0 Å². The van der Waals surface area contributed by atoms with Gasteiger partial charge in [0.25, 0.3) is 0 Å². The zero-order chi connectivity index (χ0) is 16.5. The van der Waals surface area contributed by atoms with Gasteiger partial charge < -0.3 is 9.88 Å². The van der Waals surface area contributed by atoms with Crippen LogP contribution in [0.1, 0.15) is 44.3 Å². The molecule has 0 aromatic carbocycles. The van der Waals surface area contributed by atoms with Crippen molar-refractivity contribution >= 4 is 35.8 Å². The van der Waals surface area contributed by atoms with E-state index in [0.717, 1.165) is 42.7 Å². The van der Waals surface area contributed by atoms with Gasteiger partial charge in [-0.1, -0.05) is 0 Å². The number of rotatable bonds is 3. The minimum atomic E-state index is 0. The molecule has 0 amide bonds. The van der Waals surface area contributed by atoms with Crippen molar-refractivity contribution in [2.45, 2.75) is 38.6 Å². The lowest BCUT2D eigenvalue weighted by Gasteiger charge is -2.23. The monoisotopic (exact) mass is 393 g/mol. The fourth-order valence-electron chi connectivity index (χ4n) is 3.49. The van der Waals surface area contributed by atoms with Gasteiger partial charge in [-0.25, -0.2) is 4.98 Å². The maximum atomic E-state index is 5.02. The molecule has 7 heteroatoms. The SMILES string of the molecule is CC(C)n1cnc2c(-c3cccnc3)nc(C3CCNCC3)cc21.Cl.Cl. The molecular formula is C19H25Cl2N5. The molecule has 1 saturated heterocycles. The molecule has 1 N–H and O–H groups in total. The number of nitrogens with zero attached hydrogens (tertiary/aromatic N) is 4. The molecular weight excluding hydrogens is 369 g/mol. The van der Waals surface area contributed by atoms with Gasteiger partial charge in [-0.15, -0.1) is 24.8 Å². The Kier molecular flexibility index (Phi) is 6.98. The molecule has 5 nitrogen and oxygen atoms in total. The maximum Gasteiger partial charge on any atom is 0.115 e. The van der Waals surface area contributed by atoms with E-state index in [1.807, 2.05) is 18.6 Å². The summed E-state index contributed by atoms with van der Waals surface area (Å²) in [7, 11) is 0. The van der Waals surface area contributed by atoms with Gasteiger partial charge in [0.05, 0.1) is 17.5 Å². The summed E-state index contributed by atoms with van der Waals surface area (Å²) in [6.45, 7) is 6.51. The van der Waals surface area contributed by atoms with Crippen LogP contribution < -0.4 is 5.32 Å². The molecule has 0 aliphatic carbocycles. The third-order valence-corrected chi connectivity index (χ3v) is 4.83. The Morgan fingerprint density at radius 3 is 2.62 bits per heavy atom. The van der Waals surface area contributed by atoms with Crippen molar-refractivity contribution in [2.75, 3.05) is 13.1 Å². The molecule has 0 saturated carbocycles. The fraction of sp³-hybridized carbons (Fsp3) is 0.421. The van der Waals surface area contributed by atoms with Crippen molar-refractivity contribution in [1.82, 2.24) is 24.8 Å². The van der Waals surface area contributed by atoms with Gasteiger partial charge >= 0.3 is 0 Å². The number of halogens is 2. The normalized spacial score (nSPS) is 14.9. The van der Waals surface area contributed by atoms with E-state index in [2.05, 4.69) is 45.8 Å². The number of hydrogen-bond acceptors (Lipinski definition) is 4. The summed E-state index contributed by atoms with van der Waals surface area (Å²) in [5, 5.41) is 3.44. The highest BCUT2D eigenvalue weighted by molar-refractivity contribution is 5.90. The molecule has 140 valence electrons. The molecule has 1 fully saturated rings. The number of hydrogen-bond donors (Lipinski definition) is 1. The first-order valence-electron chi connectivity index (χ1n) is 8.72. The first kappa shape index (κ1) is 20.6. The predicted molar refractivity (Wildman–Crippen MR) is 110 cm³/mol. The van der Waals surface area contributed by atoms with E-state index >= 15 is 0 Å². The van der Waals surface area contributed by atoms with Crippen molar-refractivity contribution in [3.63, 3.8) is 0 Å². The number of imidazole rings is 1. The van der Waals surface area contributed by atoms with E-state index in [9.17, 15) is 0 Å². The van der Waals surface area contributed by atoms with Gasteiger partial charge in [0.1, 0.15) is 5.52 Å². The highest BCUT2D eigenvalue weighted by Crippen LogP contribution is 2.32. The lowest BCUT2D eigenvalue weighted by Crippen LogP contribution is -2.27. The first-order chi connectivity index (χ1) is 11.7. The van der Waals surface area contributed by atoms with E-state index in [1.165, 1.54) is 11.2 Å². The van der Waals surface area contributed by atoms with Crippen LogP contribution in [0.2, 0.25) is 0 Å². The second-order valence-electron chi connectivity index (χ2n) is 6.78. The van der Waals surface area contributed by atoms with Crippen molar-refractivity contribution in [3.05, 3.63) is 42.6 Å². The van der Waals surface area contributed by atoms with Gasteiger partial charge in [-0.05, 0) is 58.0 Å². The van der Waals surface area contributed by atoms with Crippen molar-refractivity contribution in [2.24, 2.45) is 0 Å². The van der Waals surface area contributed by atoms with Gasteiger partial charge in [0, 0.05) is 35.6 Å². The van der Waals surface area contributed by atoms with Crippen molar-refractivity contribution in [3.8, 4) is 11.3 Å². The Bertz CT molecular complexity index is 842. The number of pyridine rings is 2. The molecule has 1 aliphatic rings. The molecule has 0 radical (unpaired) electrons. The van der Waals surface area contributed by atoms with Crippen LogP contribution in [0.4, 0.5) is 0 Å². The summed E-state index contributed by atoms with van der Waals surface area (Å²) in [5.41, 5.74) is 5.31. The zero-order valence-corrected chi connectivity index (χ0v) is 16.7. The van der Waals surface area contributed by atoms with Crippen LogP contribution in [-0.4, -0.2) is 32.6 Å². The largest absolute Gasteiger partial charge is 0.328 e. The smallest absolute Gasteiger partial charge is 0.115 e. The van der Waals surface area contributed by atoms with Crippen LogP contribution >= 0.6 is 24.8 Å². The minimum absolute atomic E-state index is 0. The van der Waals surface area contributed by atoms with Crippen LogP contribution in [0.5, 0.6) is 0 Å². The minimum Gasteiger partial charge on any atom is -0.328 e. The molecule has 1 aliphatic heterocycles. The van der Waals surface area contributed by atoms with Gasteiger partial charge in [0.15, 0.2) is 0 Å². The molecule has 0 unspecified atom stereocenters. The van der Waals surface area contributed by atoms with E-state index in [-0.39, 0.29) is 24.8 Å². The Labute approximate surface area is 166 Å². The standard InChI is InChI=1S/C19H23N5.2ClH/c1-13(2)24-12-22-19-17(24)10-16(14-5-8-20-9-6-14)23-18(19)15-4-3-7-21-11-15;;/h3-4,7,10-14,20H,5-6,8-9H2,1-2H3;2*1H. The van der Waals surface area contributed by atoms with E-state index < -0.39 is 0 Å². The highest BCUT2D eigenvalue weighted by atomic mass is 35.5. The third kappa shape index (κ3) is 3.85. The van der Waals surface area contributed by atoms with Gasteiger partial charge in [-0.3, -0.25) is 9.97 Å². The average Bonchev–Trinajstić information content (AvgIpc) is 3.06. The fourth-order valence-corrected chi connectivity index (χ4v) is 3.49. The number of aromatic nitrogens is 4. The Balaban J connectivity index is 0.00000121. The Morgan fingerprint density at radius 2 is 1.96 bits per heavy atom. The quantitative estimate of drug-likeness (QED) is 0.716. The van der Waals surface area contributed by atoms with Crippen molar-refractivity contribution in [1.29, 1.82) is 0 Å². The van der Waals surface area contributed by atoms with E-state index in [1.54, 1.807) is 6.20 Å². The lowest BCUT2D eigenvalue weighted by atomic mass is 9.93. The van der Waals surface area contributed by atoms with Crippen molar-refractivity contribution < 1.29 is 0 Å². The van der Waals surface area contributed by atoms with Crippen LogP contribution in [0, 0.1) is 0 Å². The van der Waals surface area contributed by atoms with Crippen LogP contribution in [0.15, 0.2) is 36.9 Å². The van der Waals surface area contributed by atoms with Gasteiger partial charge in [-0.2, -0.15) is 0 Å². The lowest BCUT2D eigenvalue weighted by molar-refractivity contribution is 0.453. The molecule has 4 rings (SSSR count). The number of piperidine rings is 1. The number of nitrogens with one attached hydrogen (secondary N) is 1. The molecule has 0 bridgehead atoms. The first-order valence-corrected chi connectivity index (χ1v) is 8.72. The topological polar surface area (TPSA) is 55.6 Å². The molecule has 0 spiro atoms. The summed E-state index contributed by atoms with van der Waals surface area (Å²) in [4.78, 5) is 14.0. The zero-order valence-electron chi connectivity index (χ0n) is 15.1. The number of fused-ring (bicyclic) bond motifs is 1. The Morgan fingerprint density at radius 1 is 1.19 bits per heavy atom. The molecule has 3 aromatic rings. The van der Waals surface area contributed by atoms with Crippen LogP contribution in [0.25, 0.3) is 22.3 Å². The second kappa shape index (κ2) is 8.80. The van der Waals surface area contributed by atoms with E-state index in [4.69, 9.17) is 4.98 Å². The summed E-state index contributed by atoms with van der Waals surface area (Å²) >= 11 is 0. The molecule has 3 aromatic heterocycles.